The van der Waals surface area contributed by atoms with E-state index in [4.69, 9.17) is 10.5 Å². The number of ketones is 1. The summed E-state index contributed by atoms with van der Waals surface area (Å²) >= 11 is 0. The van der Waals surface area contributed by atoms with Crippen molar-refractivity contribution in [3.8, 4) is 0 Å². The lowest BCUT2D eigenvalue weighted by atomic mass is 9.99. The first-order valence-electron chi connectivity index (χ1n) is 7.70. The van der Waals surface area contributed by atoms with E-state index in [1.807, 2.05) is 19.1 Å². The predicted molar refractivity (Wildman–Crippen MR) is 93.3 cm³/mol. The van der Waals surface area contributed by atoms with Gasteiger partial charge >= 0.3 is 5.97 Å². The number of fused-ring (bicyclic) bond motifs is 1. The van der Waals surface area contributed by atoms with Gasteiger partial charge in [-0.05, 0) is 61.9 Å². The number of aryl methyl sites for hydroxylation is 1. The van der Waals surface area contributed by atoms with Gasteiger partial charge in [0.05, 0.1) is 12.1 Å². The topological polar surface area (TPSA) is 85.2 Å². The number of H-pyrrole nitrogens is 1. The van der Waals surface area contributed by atoms with E-state index >= 15 is 0 Å². The second-order valence-electron chi connectivity index (χ2n) is 5.63. The first-order chi connectivity index (χ1) is 11.5. The van der Waals surface area contributed by atoms with Gasteiger partial charge < -0.3 is 15.5 Å². The van der Waals surface area contributed by atoms with Crippen LogP contribution in [0.4, 0.5) is 5.69 Å². The van der Waals surface area contributed by atoms with Crippen molar-refractivity contribution in [2.45, 2.75) is 13.8 Å². The van der Waals surface area contributed by atoms with Crippen molar-refractivity contribution >= 4 is 28.3 Å². The van der Waals surface area contributed by atoms with Crippen LogP contribution in [0.5, 0.6) is 0 Å². The molecule has 0 unspecified atom stereocenters. The second kappa shape index (κ2) is 6.20. The van der Waals surface area contributed by atoms with E-state index in [9.17, 15) is 9.59 Å². The summed E-state index contributed by atoms with van der Waals surface area (Å²) in [6.45, 7) is 3.96. The van der Waals surface area contributed by atoms with Crippen molar-refractivity contribution in [3.05, 3.63) is 64.8 Å². The minimum atomic E-state index is -0.433. The van der Waals surface area contributed by atoms with Gasteiger partial charge in [-0.15, -0.1) is 0 Å². The second-order valence-corrected chi connectivity index (χ2v) is 5.63. The van der Waals surface area contributed by atoms with Crippen LogP contribution < -0.4 is 5.73 Å². The van der Waals surface area contributed by atoms with Crippen molar-refractivity contribution in [3.63, 3.8) is 0 Å². The molecule has 0 amide bonds. The number of benzene rings is 2. The van der Waals surface area contributed by atoms with Gasteiger partial charge in [0.1, 0.15) is 5.69 Å². The monoisotopic (exact) mass is 322 g/mol. The highest BCUT2D eigenvalue weighted by molar-refractivity contribution is 6.16. The molecule has 24 heavy (non-hydrogen) atoms. The smallest absolute Gasteiger partial charge is 0.354 e. The molecule has 0 aliphatic carbocycles. The van der Waals surface area contributed by atoms with Crippen LogP contribution in [0.15, 0.2) is 42.5 Å². The largest absolute Gasteiger partial charge is 0.461 e. The maximum absolute atomic E-state index is 12.9. The minimum Gasteiger partial charge on any atom is -0.461 e. The Balaban J connectivity index is 2.11. The summed E-state index contributed by atoms with van der Waals surface area (Å²) in [7, 11) is 0. The van der Waals surface area contributed by atoms with Crippen molar-refractivity contribution in [1.82, 2.24) is 4.98 Å². The van der Waals surface area contributed by atoms with Crippen LogP contribution in [-0.4, -0.2) is 23.3 Å². The highest BCUT2D eigenvalue weighted by Crippen LogP contribution is 2.25. The maximum Gasteiger partial charge on any atom is 0.354 e. The fourth-order valence-electron chi connectivity index (χ4n) is 2.68. The highest BCUT2D eigenvalue weighted by Gasteiger charge is 2.18. The first-order valence-corrected chi connectivity index (χ1v) is 7.70. The van der Waals surface area contributed by atoms with Crippen molar-refractivity contribution in [2.75, 3.05) is 12.3 Å². The summed E-state index contributed by atoms with van der Waals surface area (Å²) in [5.41, 5.74) is 9.25. The number of nitrogens with two attached hydrogens (primary N) is 1. The van der Waals surface area contributed by atoms with Gasteiger partial charge in [-0.2, -0.15) is 0 Å². The number of anilines is 1. The Morgan fingerprint density at radius 1 is 1.12 bits per heavy atom. The zero-order chi connectivity index (χ0) is 17.3. The number of ether oxygens (including phenoxy) is 1. The van der Waals surface area contributed by atoms with Gasteiger partial charge in [0, 0.05) is 22.2 Å². The van der Waals surface area contributed by atoms with Crippen LogP contribution in [0.25, 0.3) is 10.9 Å². The molecule has 122 valence electrons. The molecule has 5 nitrogen and oxygen atoms in total. The zero-order valence-electron chi connectivity index (χ0n) is 13.6. The number of carbonyl (C=O) groups excluding carboxylic acids is 2. The van der Waals surface area contributed by atoms with E-state index in [1.54, 1.807) is 37.3 Å². The molecule has 0 saturated heterocycles. The summed E-state index contributed by atoms with van der Waals surface area (Å²) in [4.78, 5) is 27.8. The number of hydrogen-bond donors (Lipinski definition) is 2. The van der Waals surface area contributed by atoms with Gasteiger partial charge in [0.2, 0.25) is 0 Å². The maximum atomic E-state index is 12.9. The average Bonchev–Trinajstić information content (AvgIpc) is 2.98. The summed E-state index contributed by atoms with van der Waals surface area (Å²) in [5, 5.41) is 0.803. The third kappa shape index (κ3) is 2.88. The Morgan fingerprint density at radius 2 is 1.83 bits per heavy atom. The molecule has 3 N–H and O–H groups in total. The van der Waals surface area contributed by atoms with E-state index in [1.165, 1.54) is 0 Å². The Bertz CT molecular complexity index is 924. The molecule has 0 atom stereocenters. The molecule has 0 spiro atoms. The lowest BCUT2D eigenvalue weighted by Crippen LogP contribution is -2.05. The molecular formula is C19H18N2O3. The van der Waals surface area contributed by atoms with Crippen molar-refractivity contribution in [2.24, 2.45) is 0 Å². The fourth-order valence-corrected chi connectivity index (χ4v) is 2.68. The quantitative estimate of drug-likeness (QED) is 0.437. The number of carbonyl (C=O) groups is 2. The molecule has 0 saturated carbocycles. The summed E-state index contributed by atoms with van der Waals surface area (Å²) in [5.74, 6) is -0.557. The van der Waals surface area contributed by atoms with Crippen LogP contribution in [0.2, 0.25) is 0 Å². The number of esters is 1. The number of aromatic nitrogens is 1. The molecule has 0 radical (unpaired) electrons. The standard InChI is InChI=1S/C19H18N2O3/c1-3-24-19(23)16-10-13-8-11(2)9-15(17(13)21-16)18(22)12-4-6-14(20)7-5-12/h4-10,21H,3,20H2,1-2H3. The van der Waals surface area contributed by atoms with Crippen molar-refractivity contribution < 1.29 is 14.3 Å². The molecule has 1 aromatic heterocycles. The molecule has 0 aliphatic heterocycles. The van der Waals surface area contributed by atoms with Crippen LogP contribution in [0, 0.1) is 6.92 Å². The van der Waals surface area contributed by atoms with Gasteiger partial charge in [0.25, 0.3) is 0 Å². The molecule has 3 rings (SSSR count). The zero-order valence-corrected chi connectivity index (χ0v) is 13.6. The summed E-state index contributed by atoms with van der Waals surface area (Å²) in [6.07, 6.45) is 0. The Morgan fingerprint density at radius 3 is 2.50 bits per heavy atom. The molecule has 2 aromatic carbocycles. The molecule has 5 heteroatoms. The van der Waals surface area contributed by atoms with Crippen LogP contribution in [0.3, 0.4) is 0 Å². The Hall–Kier alpha value is -3.08. The molecule has 0 fully saturated rings. The van der Waals surface area contributed by atoms with Crippen LogP contribution >= 0.6 is 0 Å². The number of hydrogen-bond acceptors (Lipinski definition) is 4. The highest BCUT2D eigenvalue weighted by atomic mass is 16.5. The fraction of sp³-hybridized carbons (Fsp3) is 0.158. The molecule has 1 heterocycles. The van der Waals surface area contributed by atoms with Gasteiger partial charge in [-0.1, -0.05) is 0 Å². The van der Waals surface area contributed by atoms with E-state index in [0.717, 1.165) is 10.9 Å². The Labute approximate surface area is 139 Å². The van der Waals surface area contributed by atoms with Crippen LogP contribution in [0.1, 0.15) is 38.9 Å². The van der Waals surface area contributed by atoms with Crippen LogP contribution in [-0.2, 0) is 4.74 Å². The van der Waals surface area contributed by atoms with Crippen molar-refractivity contribution in [1.29, 1.82) is 0 Å². The Kier molecular flexibility index (Phi) is 4.08. The van der Waals surface area contributed by atoms with Gasteiger partial charge in [-0.3, -0.25) is 4.79 Å². The SMILES string of the molecule is CCOC(=O)c1cc2cc(C)cc(C(=O)c3ccc(N)cc3)c2[nH]1. The van der Waals surface area contributed by atoms with Gasteiger partial charge in [0.15, 0.2) is 5.78 Å². The number of rotatable bonds is 4. The normalized spacial score (nSPS) is 10.8. The predicted octanol–water partition coefficient (Wildman–Crippen LogP) is 3.47. The molecular weight excluding hydrogens is 304 g/mol. The van der Waals surface area contributed by atoms with E-state index in [0.29, 0.717) is 34.6 Å². The third-order valence-corrected chi connectivity index (χ3v) is 3.79. The number of aromatic amines is 1. The lowest BCUT2D eigenvalue weighted by Gasteiger charge is -2.05. The molecule has 0 aliphatic rings. The van der Waals surface area contributed by atoms with E-state index in [-0.39, 0.29) is 5.78 Å². The molecule has 3 aromatic rings. The number of nitrogens with one attached hydrogen (secondary N) is 1. The lowest BCUT2D eigenvalue weighted by molar-refractivity contribution is 0.0520. The summed E-state index contributed by atoms with van der Waals surface area (Å²) in [6, 6.07) is 12.2. The average molecular weight is 322 g/mol. The van der Waals surface area contributed by atoms with Gasteiger partial charge in [-0.25, -0.2) is 4.79 Å². The third-order valence-electron chi connectivity index (χ3n) is 3.79. The number of nitrogen functional groups attached to an aromatic ring is 1. The summed E-state index contributed by atoms with van der Waals surface area (Å²) < 4.78 is 5.02. The minimum absolute atomic E-state index is 0.124. The molecule has 0 bridgehead atoms. The van der Waals surface area contributed by atoms with E-state index in [2.05, 4.69) is 4.98 Å². The van der Waals surface area contributed by atoms with E-state index < -0.39 is 5.97 Å². The first kappa shape index (κ1) is 15.8.